The van der Waals surface area contributed by atoms with Crippen molar-refractivity contribution in [1.29, 1.82) is 0 Å². The van der Waals surface area contributed by atoms with Gasteiger partial charge in [0.25, 0.3) is 0 Å². The Morgan fingerprint density at radius 3 is 2.37 bits per heavy atom. The first-order chi connectivity index (χ1) is 8.90. The van der Waals surface area contributed by atoms with Crippen LogP contribution in [-0.4, -0.2) is 29.8 Å². The number of ether oxygens (including phenoxy) is 1. The largest absolute Gasteiger partial charge is 0.479 e. The number of rotatable bonds is 2. The summed E-state index contributed by atoms with van der Waals surface area (Å²) < 4.78 is 4.94. The Labute approximate surface area is 111 Å². The molecular formula is C14H17NO4. The highest BCUT2D eigenvalue weighted by Gasteiger charge is 2.33. The number of anilines is 1. The molecule has 0 spiro atoms. The second-order valence-corrected chi connectivity index (χ2v) is 4.90. The van der Waals surface area contributed by atoms with Crippen molar-refractivity contribution in [3.63, 3.8) is 0 Å². The number of nitrogens with zero attached hydrogens (tertiary/aromatic N) is 1. The van der Waals surface area contributed by atoms with Gasteiger partial charge in [-0.3, -0.25) is 4.90 Å². The van der Waals surface area contributed by atoms with Crippen LogP contribution < -0.4 is 4.90 Å². The van der Waals surface area contributed by atoms with E-state index in [1.807, 2.05) is 32.9 Å². The Hall–Kier alpha value is -2.04. The summed E-state index contributed by atoms with van der Waals surface area (Å²) in [5.74, 6) is -1.09. The van der Waals surface area contributed by atoms with Gasteiger partial charge in [0.05, 0.1) is 5.69 Å². The summed E-state index contributed by atoms with van der Waals surface area (Å²) in [5.41, 5.74) is 3.93. The summed E-state index contributed by atoms with van der Waals surface area (Å²) >= 11 is 0. The van der Waals surface area contributed by atoms with E-state index < -0.39 is 18.2 Å². The average molecular weight is 263 g/mol. The highest BCUT2D eigenvalue weighted by Crippen LogP contribution is 2.29. The van der Waals surface area contributed by atoms with Crippen molar-refractivity contribution in [2.24, 2.45) is 0 Å². The van der Waals surface area contributed by atoms with Crippen molar-refractivity contribution in [1.82, 2.24) is 0 Å². The lowest BCUT2D eigenvalue weighted by Crippen LogP contribution is -2.45. The van der Waals surface area contributed by atoms with Crippen LogP contribution in [0, 0.1) is 20.8 Å². The van der Waals surface area contributed by atoms with Gasteiger partial charge in [0, 0.05) is 13.0 Å². The number of amides is 1. The SMILES string of the molecule is Cc1cc(C)c(N2CCC(C(=O)O)OC2=O)c(C)c1. The number of hydrogen-bond donors (Lipinski definition) is 1. The number of carbonyl (C=O) groups is 2. The van der Waals surface area contributed by atoms with Gasteiger partial charge in [-0.15, -0.1) is 0 Å². The predicted octanol–water partition coefficient (Wildman–Crippen LogP) is 2.41. The van der Waals surface area contributed by atoms with Crippen LogP contribution in [-0.2, 0) is 9.53 Å². The van der Waals surface area contributed by atoms with Crippen molar-refractivity contribution in [2.45, 2.75) is 33.3 Å². The van der Waals surface area contributed by atoms with Crippen molar-refractivity contribution >= 4 is 17.7 Å². The van der Waals surface area contributed by atoms with Crippen LogP contribution in [0.2, 0.25) is 0 Å². The molecule has 1 fully saturated rings. The Morgan fingerprint density at radius 2 is 1.89 bits per heavy atom. The Morgan fingerprint density at radius 1 is 1.32 bits per heavy atom. The quantitative estimate of drug-likeness (QED) is 0.889. The number of hydrogen-bond acceptors (Lipinski definition) is 3. The fourth-order valence-corrected chi connectivity index (χ4v) is 2.56. The molecule has 1 aliphatic heterocycles. The lowest BCUT2D eigenvalue weighted by Gasteiger charge is -2.32. The average Bonchev–Trinajstić information content (AvgIpc) is 2.29. The lowest BCUT2D eigenvalue weighted by molar-refractivity contribution is -0.147. The summed E-state index contributed by atoms with van der Waals surface area (Å²) in [7, 11) is 0. The van der Waals surface area contributed by atoms with Gasteiger partial charge < -0.3 is 9.84 Å². The number of aryl methyl sites for hydroxylation is 3. The molecule has 5 nitrogen and oxygen atoms in total. The topological polar surface area (TPSA) is 66.8 Å². The number of carboxylic acid groups (broad SMARTS) is 1. The summed E-state index contributed by atoms with van der Waals surface area (Å²) in [6.07, 6.45) is -1.32. The van der Waals surface area contributed by atoms with Crippen LogP contribution in [0.3, 0.4) is 0 Å². The van der Waals surface area contributed by atoms with E-state index in [2.05, 4.69) is 0 Å². The molecule has 1 aliphatic rings. The van der Waals surface area contributed by atoms with Crippen LogP contribution in [0.25, 0.3) is 0 Å². The molecule has 0 bridgehead atoms. The molecule has 1 amide bonds. The molecule has 2 rings (SSSR count). The minimum absolute atomic E-state index is 0.299. The highest BCUT2D eigenvalue weighted by molar-refractivity contribution is 5.92. The smallest absolute Gasteiger partial charge is 0.415 e. The second-order valence-electron chi connectivity index (χ2n) is 4.90. The van der Waals surface area contributed by atoms with Crippen LogP contribution in [0.1, 0.15) is 23.1 Å². The van der Waals surface area contributed by atoms with Crippen molar-refractivity contribution in [2.75, 3.05) is 11.4 Å². The minimum atomic E-state index is -1.09. The molecule has 1 aromatic carbocycles. The molecule has 1 unspecified atom stereocenters. The zero-order chi connectivity index (χ0) is 14.2. The van der Waals surface area contributed by atoms with Crippen LogP contribution in [0.5, 0.6) is 0 Å². The van der Waals surface area contributed by atoms with Gasteiger partial charge in [0.15, 0.2) is 0 Å². The van der Waals surface area contributed by atoms with Gasteiger partial charge in [-0.05, 0) is 31.9 Å². The van der Waals surface area contributed by atoms with Crippen molar-refractivity contribution in [3.8, 4) is 0 Å². The molecule has 1 aromatic rings. The molecule has 102 valence electrons. The summed E-state index contributed by atoms with van der Waals surface area (Å²) in [5, 5.41) is 8.86. The first kappa shape index (κ1) is 13.4. The third kappa shape index (κ3) is 2.54. The molecule has 0 saturated carbocycles. The zero-order valence-electron chi connectivity index (χ0n) is 11.3. The van der Waals surface area contributed by atoms with E-state index in [4.69, 9.17) is 9.84 Å². The van der Waals surface area contributed by atoms with E-state index in [0.717, 1.165) is 22.4 Å². The van der Waals surface area contributed by atoms with E-state index in [9.17, 15) is 9.59 Å². The van der Waals surface area contributed by atoms with E-state index in [1.54, 1.807) is 0 Å². The fraction of sp³-hybridized carbons (Fsp3) is 0.429. The van der Waals surface area contributed by atoms with Gasteiger partial charge in [-0.1, -0.05) is 17.7 Å². The molecule has 1 atom stereocenters. The van der Waals surface area contributed by atoms with Gasteiger partial charge >= 0.3 is 12.1 Å². The lowest BCUT2D eigenvalue weighted by atomic mass is 10.0. The normalized spacial score (nSPS) is 19.2. The van der Waals surface area contributed by atoms with E-state index in [-0.39, 0.29) is 0 Å². The maximum absolute atomic E-state index is 11.9. The monoisotopic (exact) mass is 263 g/mol. The molecule has 0 aromatic heterocycles. The first-order valence-corrected chi connectivity index (χ1v) is 6.19. The number of aliphatic carboxylic acids is 1. The summed E-state index contributed by atoms with van der Waals surface area (Å²) in [4.78, 5) is 24.3. The number of benzene rings is 1. The van der Waals surface area contributed by atoms with Gasteiger partial charge in [-0.2, -0.15) is 0 Å². The van der Waals surface area contributed by atoms with Crippen LogP contribution >= 0.6 is 0 Å². The Balaban J connectivity index is 2.29. The van der Waals surface area contributed by atoms with Gasteiger partial charge in [-0.25, -0.2) is 9.59 Å². The predicted molar refractivity (Wildman–Crippen MR) is 70.5 cm³/mol. The number of carboxylic acids is 1. The molecule has 5 heteroatoms. The number of carbonyl (C=O) groups excluding carboxylic acids is 1. The third-order valence-corrected chi connectivity index (χ3v) is 3.26. The molecule has 19 heavy (non-hydrogen) atoms. The minimum Gasteiger partial charge on any atom is -0.479 e. The van der Waals surface area contributed by atoms with Crippen LogP contribution in [0.4, 0.5) is 10.5 Å². The maximum atomic E-state index is 11.9. The molecular weight excluding hydrogens is 246 g/mol. The molecule has 0 aliphatic carbocycles. The Bertz CT molecular complexity index is 515. The van der Waals surface area contributed by atoms with Crippen molar-refractivity contribution in [3.05, 3.63) is 28.8 Å². The molecule has 0 radical (unpaired) electrons. The van der Waals surface area contributed by atoms with E-state index >= 15 is 0 Å². The highest BCUT2D eigenvalue weighted by atomic mass is 16.6. The fourth-order valence-electron chi connectivity index (χ4n) is 2.56. The van der Waals surface area contributed by atoms with Crippen molar-refractivity contribution < 1.29 is 19.4 Å². The molecule has 1 saturated heterocycles. The second kappa shape index (κ2) is 4.91. The first-order valence-electron chi connectivity index (χ1n) is 6.19. The van der Waals surface area contributed by atoms with E-state index in [1.165, 1.54) is 4.90 Å². The molecule has 1 N–H and O–H groups in total. The summed E-state index contributed by atoms with van der Waals surface area (Å²) in [6, 6.07) is 4.00. The van der Waals surface area contributed by atoms with Gasteiger partial charge in [0.2, 0.25) is 6.10 Å². The number of cyclic esters (lactones) is 1. The van der Waals surface area contributed by atoms with Crippen LogP contribution in [0.15, 0.2) is 12.1 Å². The standard InChI is InChI=1S/C14H17NO4/c1-8-6-9(2)12(10(3)7-8)15-5-4-11(13(16)17)19-14(15)18/h6-7,11H,4-5H2,1-3H3,(H,16,17). The summed E-state index contributed by atoms with van der Waals surface area (Å²) in [6.45, 7) is 6.23. The molecule has 1 heterocycles. The maximum Gasteiger partial charge on any atom is 0.415 e. The third-order valence-electron chi connectivity index (χ3n) is 3.26. The Kier molecular flexibility index (Phi) is 3.46. The van der Waals surface area contributed by atoms with E-state index in [0.29, 0.717) is 13.0 Å². The van der Waals surface area contributed by atoms with Gasteiger partial charge in [0.1, 0.15) is 0 Å². The zero-order valence-corrected chi connectivity index (χ0v) is 11.3.